The highest BCUT2D eigenvalue weighted by Crippen LogP contribution is 2.52. The zero-order chi connectivity index (χ0) is 15.3. The van der Waals surface area contributed by atoms with Gasteiger partial charge in [-0.2, -0.15) is 0 Å². The standard InChI is InChI=1S/C18H36N2O/c1-16(2)14-20(12-13-21-3)18(15-19)10-8-17(9-11-18)6-4-5-7-17/h16H,4-15,19H2,1-3H3. The third-order valence-corrected chi connectivity index (χ3v) is 6.11. The lowest BCUT2D eigenvalue weighted by Gasteiger charge is -2.51. The first kappa shape index (κ1) is 17.2. The lowest BCUT2D eigenvalue weighted by atomic mass is 9.65. The molecule has 3 heteroatoms. The topological polar surface area (TPSA) is 38.5 Å². The molecule has 0 radical (unpaired) electrons. The summed E-state index contributed by atoms with van der Waals surface area (Å²) in [5, 5.41) is 0. The SMILES string of the molecule is COCCN(CC(C)C)C1(CN)CCC2(CCCC2)CC1. The molecule has 1 spiro atoms. The van der Waals surface area contributed by atoms with E-state index in [1.165, 1.54) is 51.4 Å². The van der Waals surface area contributed by atoms with Crippen LogP contribution in [-0.4, -0.2) is 43.8 Å². The zero-order valence-corrected chi connectivity index (χ0v) is 14.5. The Hall–Kier alpha value is -0.120. The average Bonchev–Trinajstić information content (AvgIpc) is 2.93. The van der Waals surface area contributed by atoms with Gasteiger partial charge in [-0.05, 0) is 49.9 Å². The molecule has 21 heavy (non-hydrogen) atoms. The minimum Gasteiger partial charge on any atom is -0.383 e. The summed E-state index contributed by atoms with van der Waals surface area (Å²) in [6, 6.07) is 0. The van der Waals surface area contributed by atoms with E-state index in [1.807, 2.05) is 0 Å². The number of rotatable bonds is 7. The van der Waals surface area contributed by atoms with Gasteiger partial charge in [0.25, 0.3) is 0 Å². The van der Waals surface area contributed by atoms with Crippen LogP contribution < -0.4 is 5.73 Å². The van der Waals surface area contributed by atoms with Crippen molar-refractivity contribution < 1.29 is 4.74 Å². The number of hydrogen-bond donors (Lipinski definition) is 1. The van der Waals surface area contributed by atoms with Crippen LogP contribution in [0.3, 0.4) is 0 Å². The first-order valence-corrected chi connectivity index (χ1v) is 9.00. The molecule has 2 fully saturated rings. The van der Waals surface area contributed by atoms with E-state index in [2.05, 4.69) is 18.7 Å². The second-order valence-electron chi connectivity index (χ2n) is 7.97. The molecule has 0 aliphatic heterocycles. The van der Waals surface area contributed by atoms with E-state index in [9.17, 15) is 0 Å². The van der Waals surface area contributed by atoms with Crippen molar-refractivity contribution in [1.82, 2.24) is 4.90 Å². The predicted octanol–water partition coefficient (Wildman–Crippen LogP) is 3.42. The fraction of sp³-hybridized carbons (Fsp3) is 1.00. The van der Waals surface area contributed by atoms with Crippen molar-refractivity contribution in [2.45, 2.75) is 70.8 Å². The largest absolute Gasteiger partial charge is 0.383 e. The van der Waals surface area contributed by atoms with Crippen LogP contribution in [0.2, 0.25) is 0 Å². The summed E-state index contributed by atoms with van der Waals surface area (Å²) in [4.78, 5) is 2.66. The summed E-state index contributed by atoms with van der Waals surface area (Å²) in [6.45, 7) is 8.42. The van der Waals surface area contributed by atoms with E-state index in [1.54, 1.807) is 7.11 Å². The molecular weight excluding hydrogens is 260 g/mol. The molecule has 2 N–H and O–H groups in total. The van der Waals surface area contributed by atoms with Crippen LogP contribution in [-0.2, 0) is 4.74 Å². The molecule has 2 saturated carbocycles. The van der Waals surface area contributed by atoms with Crippen molar-refractivity contribution >= 4 is 0 Å². The van der Waals surface area contributed by atoms with Crippen molar-refractivity contribution in [2.75, 3.05) is 33.4 Å². The van der Waals surface area contributed by atoms with E-state index in [0.717, 1.165) is 26.2 Å². The highest BCUT2D eigenvalue weighted by molar-refractivity contribution is 5.01. The number of nitrogens with two attached hydrogens (primary N) is 1. The minimum atomic E-state index is 0.233. The lowest BCUT2D eigenvalue weighted by molar-refractivity contribution is -0.00606. The molecule has 2 aliphatic rings. The van der Waals surface area contributed by atoms with Gasteiger partial charge in [0.05, 0.1) is 6.61 Å². The van der Waals surface area contributed by atoms with Gasteiger partial charge < -0.3 is 10.5 Å². The lowest BCUT2D eigenvalue weighted by Crippen LogP contribution is -2.58. The second kappa shape index (κ2) is 7.43. The Bertz CT molecular complexity index is 300. The van der Waals surface area contributed by atoms with Crippen LogP contribution in [0.25, 0.3) is 0 Å². The Morgan fingerprint density at radius 3 is 2.14 bits per heavy atom. The van der Waals surface area contributed by atoms with Gasteiger partial charge in [-0.25, -0.2) is 0 Å². The molecule has 0 heterocycles. The van der Waals surface area contributed by atoms with Gasteiger partial charge in [-0.1, -0.05) is 26.7 Å². The van der Waals surface area contributed by atoms with E-state index >= 15 is 0 Å². The molecule has 0 unspecified atom stereocenters. The molecule has 2 rings (SSSR count). The fourth-order valence-corrected chi connectivity index (χ4v) is 4.68. The molecular formula is C18H36N2O. The van der Waals surface area contributed by atoms with Gasteiger partial charge in [-0.15, -0.1) is 0 Å². The van der Waals surface area contributed by atoms with Crippen LogP contribution >= 0.6 is 0 Å². The van der Waals surface area contributed by atoms with Crippen molar-refractivity contribution in [3.63, 3.8) is 0 Å². The summed E-state index contributed by atoms with van der Waals surface area (Å²) in [6.07, 6.45) is 11.2. The van der Waals surface area contributed by atoms with E-state index in [0.29, 0.717) is 11.3 Å². The maximum absolute atomic E-state index is 6.29. The Labute approximate surface area is 131 Å². The summed E-state index contributed by atoms with van der Waals surface area (Å²) >= 11 is 0. The number of nitrogens with zero attached hydrogens (tertiary/aromatic N) is 1. The molecule has 124 valence electrons. The van der Waals surface area contributed by atoms with Gasteiger partial charge in [-0.3, -0.25) is 4.90 Å². The summed E-state index contributed by atoms with van der Waals surface area (Å²) in [7, 11) is 1.80. The molecule has 0 aromatic rings. The summed E-state index contributed by atoms with van der Waals surface area (Å²) in [5.74, 6) is 0.688. The Morgan fingerprint density at radius 2 is 1.67 bits per heavy atom. The van der Waals surface area contributed by atoms with Gasteiger partial charge in [0, 0.05) is 32.3 Å². The maximum atomic E-state index is 6.29. The molecule has 0 bridgehead atoms. The van der Waals surface area contributed by atoms with Crippen LogP contribution in [0, 0.1) is 11.3 Å². The maximum Gasteiger partial charge on any atom is 0.0589 e. The normalized spacial score (nSPS) is 24.3. The Morgan fingerprint density at radius 1 is 1.05 bits per heavy atom. The van der Waals surface area contributed by atoms with E-state index < -0.39 is 0 Å². The molecule has 3 nitrogen and oxygen atoms in total. The highest BCUT2D eigenvalue weighted by atomic mass is 16.5. The van der Waals surface area contributed by atoms with Crippen molar-refractivity contribution in [1.29, 1.82) is 0 Å². The molecule has 0 aromatic carbocycles. The third-order valence-electron chi connectivity index (χ3n) is 6.11. The van der Waals surface area contributed by atoms with Crippen molar-refractivity contribution in [2.24, 2.45) is 17.1 Å². The van der Waals surface area contributed by atoms with Gasteiger partial charge in [0.1, 0.15) is 0 Å². The zero-order valence-electron chi connectivity index (χ0n) is 14.5. The van der Waals surface area contributed by atoms with Crippen molar-refractivity contribution in [3.05, 3.63) is 0 Å². The fourth-order valence-electron chi connectivity index (χ4n) is 4.68. The first-order chi connectivity index (χ1) is 10.1. The minimum absolute atomic E-state index is 0.233. The summed E-state index contributed by atoms with van der Waals surface area (Å²) in [5.41, 5.74) is 7.21. The first-order valence-electron chi connectivity index (χ1n) is 9.00. The third kappa shape index (κ3) is 4.00. The highest BCUT2D eigenvalue weighted by Gasteiger charge is 2.45. The van der Waals surface area contributed by atoms with Crippen LogP contribution in [0.4, 0.5) is 0 Å². The predicted molar refractivity (Wildman–Crippen MR) is 89.4 cm³/mol. The molecule has 0 saturated heterocycles. The van der Waals surface area contributed by atoms with E-state index in [-0.39, 0.29) is 5.54 Å². The quantitative estimate of drug-likeness (QED) is 0.782. The van der Waals surface area contributed by atoms with Crippen molar-refractivity contribution in [3.8, 4) is 0 Å². The van der Waals surface area contributed by atoms with E-state index in [4.69, 9.17) is 10.5 Å². The van der Waals surface area contributed by atoms with Crippen LogP contribution in [0.15, 0.2) is 0 Å². The number of hydrogen-bond acceptors (Lipinski definition) is 3. The average molecular weight is 296 g/mol. The summed E-state index contributed by atoms with van der Waals surface area (Å²) < 4.78 is 5.35. The molecule has 2 aliphatic carbocycles. The van der Waals surface area contributed by atoms with Gasteiger partial charge >= 0.3 is 0 Å². The van der Waals surface area contributed by atoms with Gasteiger partial charge in [0.2, 0.25) is 0 Å². The molecule has 0 amide bonds. The molecule has 0 atom stereocenters. The van der Waals surface area contributed by atoms with Crippen LogP contribution in [0.1, 0.15) is 65.2 Å². The second-order valence-corrected chi connectivity index (χ2v) is 7.97. The van der Waals surface area contributed by atoms with Gasteiger partial charge in [0.15, 0.2) is 0 Å². The van der Waals surface area contributed by atoms with Crippen LogP contribution in [0.5, 0.6) is 0 Å². The monoisotopic (exact) mass is 296 g/mol. The molecule has 0 aromatic heterocycles. The number of methoxy groups -OCH3 is 1. The number of ether oxygens (including phenoxy) is 1. The Balaban J connectivity index is 2.04. The smallest absolute Gasteiger partial charge is 0.0589 e. The Kier molecular flexibility index (Phi) is 6.10.